The molecule has 5 heteroatoms. The third-order valence-electron chi connectivity index (χ3n) is 4.36. The number of carboxylic acids is 1. The van der Waals surface area contributed by atoms with Crippen molar-refractivity contribution in [1.82, 2.24) is 4.90 Å². The van der Waals surface area contributed by atoms with Crippen LogP contribution in [0.1, 0.15) is 36.8 Å². The number of halogens is 1. The average Bonchev–Trinajstić information content (AvgIpc) is 2.50. The van der Waals surface area contributed by atoms with Crippen molar-refractivity contribution in [3.63, 3.8) is 0 Å². The molecule has 0 heterocycles. The molecule has 0 bridgehead atoms. The molecule has 1 N–H and O–H groups in total. The molecule has 2 unspecified atom stereocenters. The molecule has 1 aromatic rings. The van der Waals surface area contributed by atoms with E-state index in [1.54, 1.807) is 19.2 Å². The third-order valence-corrected chi connectivity index (χ3v) is 4.36. The molecule has 0 spiro atoms. The van der Waals surface area contributed by atoms with Crippen molar-refractivity contribution < 1.29 is 19.1 Å². The summed E-state index contributed by atoms with van der Waals surface area (Å²) >= 11 is 0. The van der Waals surface area contributed by atoms with Gasteiger partial charge in [0.25, 0.3) is 0 Å². The molecule has 0 saturated heterocycles. The van der Waals surface area contributed by atoms with Crippen LogP contribution in [-0.2, 0) is 16.1 Å². The first kappa shape index (κ1) is 16.5. The van der Waals surface area contributed by atoms with Crippen LogP contribution in [0.25, 0.3) is 0 Å². The summed E-state index contributed by atoms with van der Waals surface area (Å²) in [6.45, 7) is 2.09. The third kappa shape index (κ3) is 3.84. The Balaban J connectivity index is 2.02. The fourth-order valence-electron chi connectivity index (χ4n) is 3.11. The first-order valence-corrected chi connectivity index (χ1v) is 7.61. The van der Waals surface area contributed by atoms with Gasteiger partial charge in [0.2, 0.25) is 5.91 Å². The standard InChI is InChI=1S/C17H22FNO3/c1-11-6-7-15(18)14(8-11)10-19(2)16(20)12-4-3-5-13(9-12)17(21)22/h6-8,12-13H,3-5,9-10H2,1-2H3,(H,21,22). The normalized spacial score (nSPS) is 21.4. The number of hydrogen-bond acceptors (Lipinski definition) is 2. The van der Waals surface area contributed by atoms with E-state index >= 15 is 0 Å². The highest BCUT2D eigenvalue weighted by molar-refractivity contribution is 5.80. The second-order valence-corrected chi connectivity index (χ2v) is 6.19. The van der Waals surface area contributed by atoms with Crippen LogP contribution in [0.5, 0.6) is 0 Å². The Morgan fingerprint density at radius 1 is 1.32 bits per heavy atom. The van der Waals surface area contributed by atoms with Crippen LogP contribution in [0.4, 0.5) is 4.39 Å². The molecule has 120 valence electrons. The van der Waals surface area contributed by atoms with Crippen LogP contribution in [0.2, 0.25) is 0 Å². The average molecular weight is 307 g/mol. The Morgan fingerprint density at radius 3 is 2.68 bits per heavy atom. The second kappa shape index (κ2) is 6.90. The van der Waals surface area contributed by atoms with Gasteiger partial charge in [-0.05, 0) is 32.3 Å². The predicted molar refractivity (Wildman–Crippen MR) is 80.7 cm³/mol. The minimum absolute atomic E-state index is 0.0909. The zero-order valence-corrected chi connectivity index (χ0v) is 13.0. The summed E-state index contributed by atoms with van der Waals surface area (Å²) in [7, 11) is 1.65. The lowest BCUT2D eigenvalue weighted by atomic mass is 9.81. The highest BCUT2D eigenvalue weighted by Crippen LogP contribution is 2.30. The van der Waals surface area contributed by atoms with Crippen molar-refractivity contribution in [3.8, 4) is 0 Å². The van der Waals surface area contributed by atoms with Gasteiger partial charge in [0.05, 0.1) is 5.92 Å². The minimum atomic E-state index is -0.829. The Bertz CT molecular complexity index is 573. The van der Waals surface area contributed by atoms with Gasteiger partial charge in [-0.2, -0.15) is 0 Å². The van der Waals surface area contributed by atoms with Crippen molar-refractivity contribution in [1.29, 1.82) is 0 Å². The van der Waals surface area contributed by atoms with Gasteiger partial charge in [0.1, 0.15) is 5.82 Å². The molecule has 1 aliphatic rings. The highest BCUT2D eigenvalue weighted by atomic mass is 19.1. The van der Waals surface area contributed by atoms with Crippen LogP contribution in [0.3, 0.4) is 0 Å². The van der Waals surface area contributed by atoms with E-state index in [1.165, 1.54) is 11.0 Å². The van der Waals surface area contributed by atoms with Gasteiger partial charge in [0, 0.05) is 25.1 Å². The molecule has 0 aromatic heterocycles. The van der Waals surface area contributed by atoms with Crippen molar-refractivity contribution >= 4 is 11.9 Å². The number of hydrogen-bond donors (Lipinski definition) is 1. The predicted octanol–water partition coefficient (Wildman–Crippen LogP) is 2.98. The molecule has 22 heavy (non-hydrogen) atoms. The number of carbonyl (C=O) groups excluding carboxylic acids is 1. The molecule has 4 nitrogen and oxygen atoms in total. The fourth-order valence-corrected chi connectivity index (χ4v) is 3.11. The number of aliphatic carboxylic acids is 1. The number of amides is 1. The van der Waals surface area contributed by atoms with E-state index in [0.29, 0.717) is 24.8 Å². The maximum atomic E-state index is 13.8. The maximum Gasteiger partial charge on any atom is 0.306 e. The molecule has 1 fully saturated rings. The van der Waals surface area contributed by atoms with E-state index in [9.17, 15) is 14.0 Å². The molecule has 0 aliphatic heterocycles. The molecule has 2 rings (SSSR count). The summed E-state index contributed by atoms with van der Waals surface area (Å²) in [6.07, 6.45) is 2.48. The second-order valence-electron chi connectivity index (χ2n) is 6.19. The largest absolute Gasteiger partial charge is 0.481 e. The molecule has 1 aliphatic carbocycles. The molecular formula is C17H22FNO3. The smallest absolute Gasteiger partial charge is 0.306 e. The van der Waals surface area contributed by atoms with Gasteiger partial charge in [-0.25, -0.2) is 4.39 Å². The summed E-state index contributed by atoms with van der Waals surface area (Å²) in [5.41, 5.74) is 1.43. The van der Waals surface area contributed by atoms with E-state index < -0.39 is 11.9 Å². The quantitative estimate of drug-likeness (QED) is 0.930. The Morgan fingerprint density at radius 2 is 2.00 bits per heavy atom. The van der Waals surface area contributed by atoms with Crippen LogP contribution in [0, 0.1) is 24.6 Å². The Kier molecular flexibility index (Phi) is 5.16. The van der Waals surface area contributed by atoms with Gasteiger partial charge in [0.15, 0.2) is 0 Å². The maximum absolute atomic E-state index is 13.8. The molecule has 1 saturated carbocycles. The Hall–Kier alpha value is -1.91. The van der Waals surface area contributed by atoms with E-state index in [2.05, 4.69) is 0 Å². The van der Waals surface area contributed by atoms with E-state index in [1.807, 2.05) is 6.92 Å². The fraction of sp³-hybridized carbons (Fsp3) is 0.529. The number of rotatable bonds is 4. The van der Waals surface area contributed by atoms with E-state index in [4.69, 9.17) is 5.11 Å². The summed E-state index contributed by atoms with van der Waals surface area (Å²) in [4.78, 5) is 25.1. The summed E-state index contributed by atoms with van der Waals surface area (Å²) in [5.74, 6) is -1.95. The first-order chi connectivity index (χ1) is 10.4. The summed E-state index contributed by atoms with van der Waals surface area (Å²) in [6, 6.07) is 4.84. The van der Waals surface area contributed by atoms with Crippen LogP contribution >= 0.6 is 0 Å². The van der Waals surface area contributed by atoms with Crippen molar-refractivity contribution in [2.24, 2.45) is 11.8 Å². The first-order valence-electron chi connectivity index (χ1n) is 7.61. The lowest BCUT2D eigenvalue weighted by Crippen LogP contribution is -2.36. The summed E-state index contributed by atoms with van der Waals surface area (Å²) < 4.78 is 13.8. The van der Waals surface area contributed by atoms with Crippen LogP contribution in [0.15, 0.2) is 18.2 Å². The van der Waals surface area contributed by atoms with Gasteiger partial charge in [-0.3, -0.25) is 9.59 Å². The Labute approximate surface area is 129 Å². The molecule has 1 amide bonds. The molecular weight excluding hydrogens is 285 g/mol. The topological polar surface area (TPSA) is 57.6 Å². The van der Waals surface area contributed by atoms with E-state index in [-0.39, 0.29) is 24.2 Å². The lowest BCUT2D eigenvalue weighted by Gasteiger charge is -2.29. The van der Waals surface area contributed by atoms with E-state index in [0.717, 1.165) is 12.0 Å². The van der Waals surface area contributed by atoms with Crippen molar-refractivity contribution in [3.05, 3.63) is 35.1 Å². The monoisotopic (exact) mass is 307 g/mol. The molecule has 0 radical (unpaired) electrons. The van der Waals surface area contributed by atoms with Crippen molar-refractivity contribution in [2.75, 3.05) is 7.05 Å². The number of carbonyl (C=O) groups is 2. The lowest BCUT2D eigenvalue weighted by molar-refractivity contribution is -0.145. The SMILES string of the molecule is Cc1ccc(F)c(CN(C)C(=O)C2CCCC(C(=O)O)C2)c1. The van der Waals surface area contributed by atoms with Gasteiger partial charge in [-0.15, -0.1) is 0 Å². The minimum Gasteiger partial charge on any atom is -0.481 e. The highest BCUT2D eigenvalue weighted by Gasteiger charge is 2.32. The number of benzene rings is 1. The van der Waals surface area contributed by atoms with Crippen molar-refractivity contribution in [2.45, 2.75) is 39.2 Å². The van der Waals surface area contributed by atoms with Gasteiger partial charge in [-0.1, -0.05) is 24.1 Å². The molecule has 2 atom stereocenters. The number of carboxylic acid groups (broad SMARTS) is 1. The zero-order chi connectivity index (χ0) is 16.3. The zero-order valence-electron chi connectivity index (χ0n) is 13.0. The number of nitrogens with zero attached hydrogens (tertiary/aromatic N) is 1. The summed E-state index contributed by atoms with van der Waals surface area (Å²) in [5, 5.41) is 9.10. The number of aryl methyl sites for hydroxylation is 1. The van der Waals surface area contributed by atoms with Gasteiger partial charge >= 0.3 is 5.97 Å². The van der Waals surface area contributed by atoms with Gasteiger partial charge < -0.3 is 10.0 Å². The molecule has 1 aromatic carbocycles. The van der Waals surface area contributed by atoms with Crippen LogP contribution < -0.4 is 0 Å². The van der Waals surface area contributed by atoms with Crippen LogP contribution in [-0.4, -0.2) is 28.9 Å².